The Morgan fingerprint density at radius 3 is 2.75 bits per heavy atom. The Morgan fingerprint density at radius 1 is 1.50 bits per heavy atom. The van der Waals surface area contributed by atoms with Crippen LogP contribution in [0.1, 0.15) is 16.1 Å². The molecule has 1 heterocycles. The number of anilines is 1. The van der Waals surface area contributed by atoms with Crippen LogP contribution in [0, 0.1) is 17.0 Å². The van der Waals surface area contributed by atoms with Crippen LogP contribution in [0.15, 0.2) is 24.4 Å². The summed E-state index contributed by atoms with van der Waals surface area (Å²) in [4.78, 5) is 22.4. The molecule has 0 saturated carbocycles. The molecular formula is C12H11ClN4O3. The SMILES string of the molecule is Cc1nn(C)cc1NC(=O)c1cc(Cl)ccc1[N+](=O)[O-]. The van der Waals surface area contributed by atoms with Gasteiger partial charge in [-0.3, -0.25) is 19.6 Å². The number of nitrogens with zero attached hydrogens (tertiary/aromatic N) is 3. The summed E-state index contributed by atoms with van der Waals surface area (Å²) in [5.41, 5.74) is 0.719. The van der Waals surface area contributed by atoms with Crippen molar-refractivity contribution in [3.05, 3.63) is 50.8 Å². The van der Waals surface area contributed by atoms with Gasteiger partial charge in [0.2, 0.25) is 0 Å². The smallest absolute Gasteiger partial charge is 0.282 e. The lowest BCUT2D eigenvalue weighted by Gasteiger charge is -2.05. The van der Waals surface area contributed by atoms with Crippen LogP contribution in [0.5, 0.6) is 0 Å². The van der Waals surface area contributed by atoms with E-state index in [0.717, 1.165) is 0 Å². The van der Waals surface area contributed by atoms with Gasteiger partial charge in [-0.25, -0.2) is 0 Å². The first-order valence-corrected chi connectivity index (χ1v) is 6.02. The van der Waals surface area contributed by atoms with Crippen molar-refractivity contribution in [2.45, 2.75) is 6.92 Å². The highest BCUT2D eigenvalue weighted by atomic mass is 35.5. The highest BCUT2D eigenvalue weighted by molar-refractivity contribution is 6.31. The van der Waals surface area contributed by atoms with Crippen molar-refractivity contribution >= 4 is 28.9 Å². The standard InChI is InChI=1S/C12H11ClN4O3/c1-7-10(6-16(2)15-7)14-12(18)9-5-8(13)3-4-11(9)17(19)20/h3-6H,1-2H3,(H,14,18). The number of aryl methyl sites for hydroxylation is 2. The van der Waals surface area contributed by atoms with Gasteiger partial charge in [0.1, 0.15) is 5.56 Å². The van der Waals surface area contributed by atoms with Gasteiger partial charge in [0.25, 0.3) is 11.6 Å². The van der Waals surface area contributed by atoms with E-state index in [1.807, 2.05) is 0 Å². The third kappa shape index (κ3) is 2.77. The third-order valence-corrected chi connectivity index (χ3v) is 2.90. The maximum Gasteiger partial charge on any atom is 0.282 e. The molecule has 0 aliphatic rings. The normalized spacial score (nSPS) is 10.3. The van der Waals surface area contributed by atoms with E-state index in [0.29, 0.717) is 11.4 Å². The largest absolute Gasteiger partial charge is 0.319 e. The first kappa shape index (κ1) is 14.0. The Kier molecular flexibility index (Phi) is 3.71. The minimum Gasteiger partial charge on any atom is -0.319 e. The molecule has 2 rings (SSSR count). The average molecular weight is 295 g/mol. The van der Waals surface area contributed by atoms with Crippen molar-refractivity contribution in [2.24, 2.45) is 7.05 Å². The van der Waals surface area contributed by atoms with Crippen LogP contribution in [-0.4, -0.2) is 20.6 Å². The number of benzene rings is 1. The molecule has 0 atom stereocenters. The van der Waals surface area contributed by atoms with Gasteiger partial charge in [0, 0.05) is 24.3 Å². The van der Waals surface area contributed by atoms with Crippen molar-refractivity contribution in [1.82, 2.24) is 9.78 Å². The molecule has 2 aromatic rings. The molecule has 0 unspecified atom stereocenters. The number of carbonyl (C=O) groups is 1. The monoisotopic (exact) mass is 294 g/mol. The van der Waals surface area contributed by atoms with Crippen LogP contribution >= 0.6 is 11.6 Å². The summed E-state index contributed by atoms with van der Waals surface area (Å²) in [5, 5.41) is 17.8. The Bertz CT molecular complexity index is 696. The molecule has 0 radical (unpaired) electrons. The Labute approximate surface area is 119 Å². The second kappa shape index (κ2) is 5.30. The van der Waals surface area contributed by atoms with Crippen molar-refractivity contribution in [2.75, 3.05) is 5.32 Å². The second-order valence-electron chi connectivity index (χ2n) is 4.17. The van der Waals surface area contributed by atoms with Gasteiger partial charge < -0.3 is 5.32 Å². The van der Waals surface area contributed by atoms with Gasteiger partial charge in [0.05, 0.1) is 16.3 Å². The molecule has 0 saturated heterocycles. The number of carbonyl (C=O) groups excluding carboxylic acids is 1. The van der Waals surface area contributed by atoms with Crippen LogP contribution in [0.2, 0.25) is 5.02 Å². The summed E-state index contributed by atoms with van der Waals surface area (Å²) in [7, 11) is 1.71. The van der Waals surface area contributed by atoms with E-state index in [1.165, 1.54) is 22.9 Å². The molecular weight excluding hydrogens is 284 g/mol. The lowest BCUT2D eigenvalue weighted by Crippen LogP contribution is -2.14. The summed E-state index contributed by atoms with van der Waals surface area (Å²) in [6, 6.07) is 3.83. The zero-order valence-electron chi connectivity index (χ0n) is 10.8. The summed E-state index contributed by atoms with van der Waals surface area (Å²) in [5.74, 6) is -0.602. The van der Waals surface area contributed by atoms with Gasteiger partial charge in [0.15, 0.2) is 0 Å². The molecule has 1 aromatic heterocycles. The third-order valence-electron chi connectivity index (χ3n) is 2.66. The Hall–Kier alpha value is -2.41. The lowest BCUT2D eigenvalue weighted by molar-refractivity contribution is -0.385. The minimum atomic E-state index is -0.624. The Balaban J connectivity index is 2.36. The van der Waals surface area contributed by atoms with Crippen LogP contribution in [0.4, 0.5) is 11.4 Å². The molecule has 7 nitrogen and oxygen atoms in total. The molecule has 104 valence electrons. The highest BCUT2D eigenvalue weighted by Gasteiger charge is 2.21. The van der Waals surface area contributed by atoms with E-state index in [2.05, 4.69) is 10.4 Å². The number of halogens is 1. The zero-order chi connectivity index (χ0) is 14.9. The molecule has 1 amide bonds. The lowest BCUT2D eigenvalue weighted by atomic mass is 10.1. The average Bonchev–Trinajstić information content (AvgIpc) is 2.67. The van der Waals surface area contributed by atoms with E-state index in [-0.39, 0.29) is 16.3 Å². The van der Waals surface area contributed by atoms with Gasteiger partial charge in [-0.15, -0.1) is 0 Å². The minimum absolute atomic E-state index is 0.0919. The molecule has 20 heavy (non-hydrogen) atoms. The Morgan fingerprint density at radius 2 is 2.20 bits per heavy atom. The molecule has 1 aromatic carbocycles. The van der Waals surface area contributed by atoms with Crippen molar-refractivity contribution in [3.8, 4) is 0 Å². The van der Waals surface area contributed by atoms with E-state index in [9.17, 15) is 14.9 Å². The fourth-order valence-corrected chi connectivity index (χ4v) is 1.93. The number of nitrogens with one attached hydrogen (secondary N) is 1. The fraction of sp³-hybridized carbons (Fsp3) is 0.167. The van der Waals surface area contributed by atoms with Gasteiger partial charge in [-0.1, -0.05) is 11.6 Å². The molecule has 0 aliphatic heterocycles. The molecule has 0 bridgehead atoms. The van der Waals surface area contributed by atoms with Crippen molar-refractivity contribution in [1.29, 1.82) is 0 Å². The molecule has 1 N–H and O–H groups in total. The van der Waals surface area contributed by atoms with Gasteiger partial charge in [-0.2, -0.15) is 5.10 Å². The summed E-state index contributed by atoms with van der Waals surface area (Å²) >= 11 is 5.78. The van der Waals surface area contributed by atoms with E-state index < -0.39 is 10.8 Å². The van der Waals surface area contributed by atoms with Crippen LogP contribution < -0.4 is 5.32 Å². The van der Waals surface area contributed by atoms with Crippen molar-refractivity contribution < 1.29 is 9.72 Å². The van der Waals surface area contributed by atoms with Crippen LogP contribution in [0.25, 0.3) is 0 Å². The fourth-order valence-electron chi connectivity index (χ4n) is 1.76. The number of rotatable bonds is 3. The maximum atomic E-state index is 12.1. The molecule has 0 spiro atoms. The quantitative estimate of drug-likeness (QED) is 0.695. The summed E-state index contributed by atoms with van der Waals surface area (Å²) < 4.78 is 1.54. The zero-order valence-corrected chi connectivity index (χ0v) is 11.5. The number of hydrogen-bond acceptors (Lipinski definition) is 4. The summed E-state index contributed by atoms with van der Waals surface area (Å²) in [6.45, 7) is 1.72. The first-order chi connectivity index (χ1) is 9.38. The molecule has 0 aliphatic carbocycles. The van der Waals surface area contributed by atoms with Gasteiger partial charge >= 0.3 is 0 Å². The van der Waals surface area contributed by atoms with Crippen LogP contribution in [0.3, 0.4) is 0 Å². The number of nitro groups is 1. The van der Waals surface area contributed by atoms with E-state index in [1.54, 1.807) is 20.2 Å². The summed E-state index contributed by atoms with van der Waals surface area (Å²) in [6.07, 6.45) is 1.61. The topological polar surface area (TPSA) is 90.1 Å². The van der Waals surface area contributed by atoms with Crippen molar-refractivity contribution in [3.63, 3.8) is 0 Å². The maximum absolute atomic E-state index is 12.1. The number of nitro benzene ring substituents is 1. The predicted molar refractivity (Wildman–Crippen MR) is 74.0 cm³/mol. The van der Waals surface area contributed by atoms with E-state index >= 15 is 0 Å². The number of aromatic nitrogens is 2. The molecule has 8 heteroatoms. The van der Waals surface area contributed by atoms with E-state index in [4.69, 9.17) is 11.6 Å². The molecule has 0 fully saturated rings. The number of hydrogen-bond donors (Lipinski definition) is 1. The van der Waals surface area contributed by atoms with Gasteiger partial charge in [-0.05, 0) is 19.1 Å². The predicted octanol–water partition coefficient (Wildman–Crippen LogP) is 2.54. The second-order valence-corrected chi connectivity index (χ2v) is 4.61. The first-order valence-electron chi connectivity index (χ1n) is 5.64. The highest BCUT2D eigenvalue weighted by Crippen LogP contribution is 2.24. The van der Waals surface area contributed by atoms with Crippen LogP contribution in [-0.2, 0) is 7.05 Å². The number of amides is 1.